The van der Waals surface area contributed by atoms with Gasteiger partial charge in [0.1, 0.15) is 30.2 Å². The van der Waals surface area contributed by atoms with Gasteiger partial charge in [0, 0.05) is 6.07 Å². The minimum atomic E-state index is -0.590. The van der Waals surface area contributed by atoms with Crippen LogP contribution in [-0.4, -0.2) is 5.91 Å². The number of hydrazine groups is 1. The third-order valence-electron chi connectivity index (χ3n) is 2.39. The van der Waals surface area contributed by atoms with E-state index in [9.17, 15) is 9.18 Å². The van der Waals surface area contributed by atoms with E-state index in [-0.39, 0.29) is 22.9 Å². The Kier molecular flexibility index (Phi) is 4.64. The summed E-state index contributed by atoms with van der Waals surface area (Å²) in [6.45, 7) is 0.0253. The Bertz CT molecular complexity index is 648. The Morgan fingerprint density at radius 3 is 2.95 bits per heavy atom. The number of carbonyl (C=O) groups excluding carboxylic acids is 1. The van der Waals surface area contributed by atoms with Crippen LogP contribution < -0.4 is 16.0 Å². The second kappa shape index (κ2) is 6.25. The maximum atomic E-state index is 13.3. The normalized spacial score (nSPS) is 10.4. The number of nitrogen functional groups attached to an aromatic ring is 1. The first-order valence-electron chi connectivity index (χ1n) is 5.37. The van der Waals surface area contributed by atoms with Crippen molar-refractivity contribution in [1.82, 2.24) is 5.43 Å². The lowest BCUT2D eigenvalue weighted by molar-refractivity contribution is 0.0953. The SMILES string of the molecule is NNC(=O)c1coc(COc2cc(F)c(Cl)cc2Br)c1. The molecule has 0 unspecified atom stereocenters. The fourth-order valence-corrected chi connectivity index (χ4v) is 2.18. The molecule has 0 spiro atoms. The lowest BCUT2D eigenvalue weighted by Crippen LogP contribution is -2.29. The number of amides is 1. The molecule has 8 heteroatoms. The molecule has 0 radical (unpaired) electrons. The number of furan rings is 1. The zero-order valence-electron chi connectivity index (χ0n) is 9.95. The highest BCUT2D eigenvalue weighted by Gasteiger charge is 2.11. The van der Waals surface area contributed by atoms with Gasteiger partial charge in [-0.25, -0.2) is 10.2 Å². The number of benzene rings is 1. The zero-order chi connectivity index (χ0) is 14.7. The van der Waals surface area contributed by atoms with Crippen LogP contribution in [-0.2, 0) is 6.61 Å². The molecular weight excluding hydrogens is 354 g/mol. The highest BCUT2D eigenvalue weighted by molar-refractivity contribution is 9.10. The Morgan fingerprint density at radius 2 is 2.25 bits per heavy atom. The molecule has 1 aromatic heterocycles. The molecule has 0 aliphatic carbocycles. The van der Waals surface area contributed by atoms with Crippen molar-refractivity contribution in [3.63, 3.8) is 0 Å². The number of hydrogen-bond acceptors (Lipinski definition) is 4. The van der Waals surface area contributed by atoms with Crippen LogP contribution in [0, 0.1) is 5.82 Å². The Hall–Kier alpha value is -1.57. The number of carbonyl (C=O) groups is 1. The van der Waals surface area contributed by atoms with Crippen LogP contribution in [0.5, 0.6) is 5.75 Å². The van der Waals surface area contributed by atoms with Crippen molar-refractivity contribution in [2.45, 2.75) is 6.61 Å². The molecule has 0 atom stereocenters. The molecule has 0 saturated carbocycles. The van der Waals surface area contributed by atoms with Crippen LogP contribution >= 0.6 is 27.5 Å². The minimum absolute atomic E-state index is 0.0101. The maximum absolute atomic E-state index is 13.3. The summed E-state index contributed by atoms with van der Waals surface area (Å²) in [5.74, 6) is 4.60. The van der Waals surface area contributed by atoms with Crippen LogP contribution in [0.15, 0.2) is 33.4 Å². The van der Waals surface area contributed by atoms with E-state index in [1.807, 2.05) is 5.43 Å². The number of nitrogens with two attached hydrogens (primary N) is 1. The fraction of sp³-hybridized carbons (Fsp3) is 0.0833. The van der Waals surface area contributed by atoms with E-state index < -0.39 is 11.7 Å². The van der Waals surface area contributed by atoms with E-state index in [0.29, 0.717) is 10.2 Å². The summed E-state index contributed by atoms with van der Waals surface area (Å²) < 4.78 is 24.3. The van der Waals surface area contributed by atoms with E-state index in [1.165, 1.54) is 18.4 Å². The van der Waals surface area contributed by atoms with E-state index in [0.717, 1.165) is 6.07 Å². The lowest BCUT2D eigenvalue weighted by atomic mass is 10.3. The van der Waals surface area contributed by atoms with Gasteiger partial charge in [-0.1, -0.05) is 11.6 Å². The van der Waals surface area contributed by atoms with Crippen LogP contribution in [0.3, 0.4) is 0 Å². The second-order valence-corrected chi connectivity index (χ2v) is 5.02. The van der Waals surface area contributed by atoms with Gasteiger partial charge < -0.3 is 9.15 Å². The molecule has 0 aliphatic rings. The third-order valence-corrected chi connectivity index (χ3v) is 3.30. The van der Waals surface area contributed by atoms with Gasteiger partial charge in [0.15, 0.2) is 0 Å². The average molecular weight is 364 g/mol. The predicted octanol–water partition coefficient (Wildman–Crippen LogP) is 3.02. The van der Waals surface area contributed by atoms with Crippen molar-refractivity contribution in [2.75, 3.05) is 0 Å². The third kappa shape index (κ3) is 3.30. The van der Waals surface area contributed by atoms with Crippen molar-refractivity contribution >= 4 is 33.4 Å². The summed E-state index contributed by atoms with van der Waals surface area (Å²) in [5, 5.41) is -0.0101. The zero-order valence-corrected chi connectivity index (χ0v) is 12.3. The summed E-state index contributed by atoms with van der Waals surface area (Å²) >= 11 is 8.83. The largest absolute Gasteiger partial charge is 0.484 e. The molecule has 0 bridgehead atoms. The molecule has 1 amide bonds. The highest BCUT2D eigenvalue weighted by atomic mass is 79.9. The Balaban J connectivity index is 2.07. The van der Waals surface area contributed by atoms with E-state index in [1.54, 1.807) is 0 Å². The van der Waals surface area contributed by atoms with Gasteiger partial charge in [-0.3, -0.25) is 10.2 Å². The molecule has 1 heterocycles. The van der Waals surface area contributed by atoms with Crippen molar-refractivity contribution in [3.05, 3.63) is 51.1 Å². The number of halogens is 3. The molecule has 5 nitrogen and oxygen atoms in total. The van der Waals surface area contributed by atoms with Gasteiger partial charge in [0.2, 0.25) is 0 Å². The smallest absolute Gasteiger partial charge is 0.268 e. The van der Waals surface area contributed by atoms with Crippen LogP contribution in [0.4, 0.5) is 4.39 Å². The van der Waals surface area contributed by atoms with Crippen molar-refractivity contribution in [3.8, 4) is 5.75 Å². The van der Waals surface area contributed by atoms with Crippen LogP contribution in [0.25, 0.3) is 0 Å². The average Bonchev–Trinajstić information content (AvgIpc) is 2.89. The van der Waals surface area contributed by atoms with Gasteiger partial charge in [-0.15, -0.1) is 0 Å². The second-order valence-electron chi connectivity index (χ2n) is 3.76. The number of nitrogens with one attached hydrogen (secondary N) is 1. The first-order valence-corrected chi connectivity index (χ1v) is 6.54. The molecule has 0 fully saturated rings. The Morgan fingerprint density at radius 1 is 1.50 bits per heavy atom. The van der Waals surface area contributed by atoms with Gasteiger partial charge in [-0.2, -0.15) is 0 Å². The van der Waals surface area contributed by atoms with E-state index in [4.69, 9.17) is 26.6 Å². The van der Waals surface area contributed by atoms with Crippen LogP contribution in [0.2, 0.25) is 5.02 Å². The van der Waals surface area contributed by atoms with Gasteiger partial charge in [0.25, 0.3) is 5.91 Å². The molecule has 106 valence electrons. The minimum Gasteiger partial charge on any atom is -0.484 e. The molecule has 0 saturated heterocycles. The summed E-state index contributed by atoms with van der Waals surface area (Å²) in [6, 6.07) is 4.02. The van der Waals surface area contributed by atoms with Gasteiger partial charge in [-0.05, 0) is 28.1 Å². The van der Waals surface area contributed by atoms with Crippen molar-refractivity contribution < 1.29 is 18.3 Å². The summed E-state index contributed by atoms with van der Waals surface area (Å²) in [4.78, 5) is 11.2. The van der Waals surface area contributed by atoms with Gasteiger partial charge >= 0.3 is 0 Å². The predicted molar refractivity (Wildman–Crippen MR) is 73.8 cm³/mol. The van der Waals surface area contributed by atoms with E-state index in [2.05, 4.69) is 15.9 Å². The summed E-state index contributed by atoms with van der Waals surface area (Å²) in [7, 11) is 0. The summed E-state index contributed by atoms with van der Waals surface area (Å²) in [6.07, 6.45) is 1.25. The number of rotatable bonds is 4. The molecule has 2 aromatic rings. The van der Waals surface area contributed by atoms with Crippen molar-refractivity contribution in [2.24, 2.45) is 5.84 Å². The van der Waals surface area contributed by atoms with Crippen molar-refractivity contribution in [1.29, 1.82) is 0 Å². The Labute approximate surface area is 126 Å². The first-order chi connectivity index (χ1) is 9.51. The molecular formula is C12H9BrClFN2O3. The monoisotopic (exact) mass is 362 g/mol. The van der Waals surface area contributed by atoms with Crippen LogP contribution in [0.1, 0.15) is 16.1 Å². The molecule has 3 N–H and O–H groups in total. The molecule has 20 heavy (non-hydrogen) atoms. The number of hydrogen-bond donors (Lipinski definition) is 2. The fourth-order valence-electron chi connectivity index (χ4n) is 1.42. The highest BCUT2D eigenvalue weighted by Crippen LogP contribution is 2.31. The molecule has 1 aromatic carbocycles. The number of ether oxygens (including phenoxy) is 1. The lowest BCUT2D eigenvalue weighted by Gasteiger charge is -2.07. The first kappa shape index (κ1) is 14.8. The van der Waals surface area contributed by atoms with Gasteiger partial charge in [0.05, 0.1) is 15.1 Å². The summed E-state index contributed by atoms with van der Waals surface area (Å²) in [5.41, 5.74) is 2.25. The standard InChI is InChI=1S/C12H9BrClFN2O3/c13-8-2-9(14)10(15)3-11(8)20-5-7-1-6(4-19-7)12(18)17-16/h1-4H,5,16H2,(H,17,18). The molecule has 2 rings (SSSR count). The molecule has 0 aliphatic heterocycles. The quantitative estimate of drug-likeness (QED) is 0.379. The van der Waals surface area contributed by atoms with E-state index >= 15 is 0 Å². The topological polar surface area (TPSA) is 77.5 Å². The maximum Gasteiger partial charge on any atom is 0.268 e.